The molecule has 2 fully saturated rings. The van der Waals surface area contributed by atoms with Crippen LogP contribution in [0, 0.1) is 11.7 Å². The molecule has 232 valence electrons. The normalized spacial score (nSPS) is 15.4. The third kappa shape index (κ3) is 5.58. The number of aromatic amines is 2. The van der Waals surface area contributed by atoms with Crippen molar-refractivity contribution in [3.63, 3.8) is 0 Å². The molecule has 6 aromatic rings. The number of likely N-dealkylation sites (tertiary alicyclic amines) is 1. The molecule has 1 saturated heterocycles. The van der Waals surface area contributed by atoms with Gasteiger partial charge in [-0.05, 0) is 74.7 Å². The fourth-order valence-electron chi connectivity index (χ4n) is 6.36. The topological polar surface area (TPSA) is 125 Å². The molecule has 0 bridgehead atoms. The highest BCUT2D eigenvalue weighted by Gasteiger charge is 2.25. The maximum absolute atomic E-state index is 14.8. The van der Waals surface area contributed by atoms with Crippen molar-refractivity contribution in [1.82, 2.24) is 35.0 Å². The lowest BCUT2D eigenvalue weighted by molar-refractivity contribution is -0.122. The molecule has 1 aromatic carbocycles. The number of ether oxygens (including phenoxy) is 1. The number of aromatic nitrogens is 6. The summed E-state index contributed by atoms with van der Waals surface area (Å²) in [6, 6.07) is 10.8. The Hall–Kier alpha value is -5.16. The van der Waals surface area contributed by atoms with Crippen LogP contribution in [-0.4, -0.2) is 67.2 Å². The molecule has 10 nitrogen and oxygen atoms in total. The van der Waals surface area contributed by atoms with E-state index in [0.717, 1.165) is 83.3 Å². The summed E-state index contributed by atoms with van der Waals surface area (Å²) < 4.78 is 20.8. The van der Waals surface area contributed by atoms with Crippen LogP contribution in [0.1, 0.15) is 32.1 Å². The van der Waals surface area contributed by atoms with Gasteiger partial charge in [0.05, 0.1) is 35.0 Å². The molecule has 0 spiro atoms. The van der Waals surface area contributed by atoms with Crippen LogP contribution < -0.4 is 10.1 Å². The summed E-state index contributed by atoms with van der Waals surface area (Å²) in [6.07, 6.45) is 14.1. The zero-order chi connectivity index (χ0) is 31.0. The van der Waals surface area contributed by atoms with E-state index in [-0.39, 0.29) is 17.6 Å². The summed E-state index contributed by atoms with van der Waals surface area (Å²) in [4.78, 5) is 31.7. The number of nitrogens with one attached hydrogen (secondary N) is 3. The smallest absolute Gasteiger partial charge is 0.227 e. The summed E-state index contributed by atoms with van der Waals surface area (Å²) in [6.45, 7) is 3.53. The van der Waals surface area contributed by atoms with E-state index >= 15 is 0 Å². The van der Waals surface area contributed by atoms with Crippen molar-refractivity contribution in [1.29, 1.82) is 0 Å². The number of pyridine rings is 3. The van der Waals surface area contributed by atoms with Crippen LogP contribution in [0.3, 0.4) is 0 Å². The van der Waals surface area contributed by atoms with Gasteiger partial charge in [0.1, 0.15) is 18.2 Å². The van der Waals surface area contributed by atoms with Crippen LogP contribution in [0.2, 0.25) is 0 Å². The first kappa shape index (κ1) is 28.3. The van der Waals surface area contributed by atoms with Crippen LogP contribution in [0.15, 0.2) is 67.4 Å². The maximum Gasteiger partial charge on any atom is 0.227 e. The Morgan fingerprint density at radius 1 is 0.913 bits per heavy atom. The van der Waals surface area contributed by atoms with Gasteiger partial charge in [0.2, 0.25) is 5.91 Å². The van der Waals surface area contributed by atoms with E-state index in [4.69, 9.17) is 4.74 Å². The largest absolute Gasteiger partial charge is 0.492 e. The second-order valence-corrected chi connectivity index (χ2v) is 12.2. The molecule has 0 atom stereocenters. The monoisotopic (exact) mass is 616 g/mol. The highest BCUT2D eigenvalue weighted by molar-refractivity contribution is 6.01. The highest BCUT2D eigenvalue weighted by atomic mass is 19.1. The van der Waals surface area contributed by atoms with Crippen molar-refractivity contribution in [2.75, 3.05) is 31.6 Å². The van der Waals surface area contributed by atoms with E-state index in [1.165, 1.54) is 25.0 Å². The molecule has 6 heterocycles. The summed E-state index contributed by atoms with van der Waals surface area (Å²) in [5, 5.41) is 12.3. The summed E-state index contributed by atoms with van der Waals surface area (Å²) in [7, 11) is 0. The Morgan fingerprint density at radius 2 is 1.76 bits per heavy atom. The van der Waals surface area contributed by atoms with E-state index in [9.17, 15) is 9.18 Å². The second kappa shape index (κ2) is 12.0. The lowest BCUT2D eigenvalue weighted by Gasteiger charge is -2.24. The first-order chi connectivity index (χ1) is 22.6. The first-order valence-electron chi connectivity index (χ1n) is 15.8. The number of anilines is 1. The number of nitrogens with zero attached hydrogens (tertiary/aromatic N) is 5. The van der Waals surface area contributed by atoms with Crippen molar-refractivity contribution in [2.45, 2.75) is 32.1 Å². The molecule has 1 aliphatic carbocycles. The molecule has 11 heteroatoms. The van der Waals surface area contributed by atoms with Crippen LogP contribution in [0.25, 0.3) is 55.6 Å². The van der Waals surface area contributed by atoms with E-state index in [2.05, 4.69) is 40.3 Å². The van der Waals surface area contributed by atoms with Crippen LogP contribution in [0.4, 0.5) is 10.1 Å². The highest BCUT2D eigenvalue weighted by Crippen LogP contribution is 2.36. The van der Waals surface area contributed by atoms with Gasteiger partial charge in [-0.3, -0.25) is 24.8 Å². The Bertz CT molecular complexity index is 2060. The SMILES string of the molecule is O=C(Nc1cncc(-c2cnc3n[nH]c(-c4cc5c(-c6cc(F)cc(OCCN7CCCC7)c6)cncc5[nH]4)c3c2)c1)C1CCC1. The maximum atomic E-state index is 14.8. The standard InChI is InChI=1S/C35H33FN8O2/c36-25-10-22(12-27(14-25)46-9-8-44-6-1-2-7-44)30-19-38-20-32-28(30)15-31(41-32)33-29-13-24(17-39-34(29)43-42-33)23-11-26(18-37-16-23)40-35(45)21-4-3-5-21/h10-21,41H,1-9H2,(H,40,45)(H,39,42,43). The van der Waals surface area contributed by atoms with E-state index < -0.39 is 0 Å². The van der Waals surface area contributed by atoms with Crippen molar-refractivity contribution in [2.24, 2.45) is 5.92 Å². The number of carbonyl (C=O) groups excluding carboxylic acids is 1. The fraction of sp³-hybridized carbons (Fsp3) is 0.286. The van der Waals surface area contributed by atoms with Crippen LogP contribution >= 0.6 is 0 Å². The van der Waals surface area contributed by atoms with Gasteiger partial charge >= 0.3 is 0 Å². The Kier molecular flexibility index (Phi) is 7.37. The molecule has 5 aromatic heterocycles. The lowest BCUT2D eigenvalue weighted by Crippen LogP contribution is -2.28. The Morgan fingerprint density at radius 3 is 2.61 bits per heavy atom. The average Bonchev–Trinajstić information content (AvgIpc) is 3.79. The zero-order valence-electron chi connectivity index (χ0n) is 25.2. The average molecular weight is 617 g/mol. The Labute approximate surface area is 264 Å². The minimum atomic E-state index is -0.360. The number of rotatable bonds is 9. The number of hydrogen-bond donors (Lipinski definition) is 3. The van der Waals surface area contributed by atoms with Crippen LogP contribution in [-0.2, 0) is 4.79 Å². The van der Waals surface area contributed by atoms with Crippen molar-refractivity contribution >= 4 is 33.5 Å². The third-order valence-electron chi connectivity index (χ3n) is 9.10. The molecule has 0 radical (unpaired) electrons. The van der Waals surface area contributed by atoms with Gasteiger partial charge in [0.15, 0.2) is 5.65 Å². The summed E-state index contributed by atoms with van der Waals surface area (Å²) >= 11 is 0. The molecule has 1 aliphatic heterocycles. The zero-order valence-corrected chi connectivity index (χ0v) is 25.2. The summed E-state index contributed by atoms with van der Waals surface area (Å²) in [5.74, 6) is 0.272. The van der Waals surface area contributed by atoms with Gasteiger partial charge in [-0.15, -0.1) is 0 Å². The number of hydrogen-bond acceptors (Lipinski definition) is 7. The molecule has 8 rings (SSSR count). The molecule has 0 unspecified atom stereocenters. The predicted octanol–water partition coefficient (Wildman–Crippen LogP) is 6.58. The van der Waals surface area contributed by atoms with Gasteiger partial charge in [0, 0.05) is 64.6 Å². The van der Waals surface area contributed by atoms with Crippen molar-refractivity contribution in [3.05, 3.63) is 73.2 Å². The number of carbonyl (C=O) groups is 1. The predicted molar refractivity (Wildman–Crippen MR) is 175 cm³/mol. The molecule has 2 aliphatic rings. The molecule has 46 heavy (non-hydrogen) atoms. The second-order valence-electron chi connectivity index (χ2n) is 12.2. The number of benzene rings is 1. The number of amides is 1. The van der Waals surface area contributed by atoms with Gasteiger partial charge in [-0.1, -0.05) is 6.42 Å². The molecular weight excluding hydrogens is 583 g/mol. The first-order valence-corrected chi connectivity index (χ1v) is 15.8. The van der Waals surface area contributed by atoms with Gasteiger partial charge in [0.25, 0.3) is 0 Å². The quantitative estimate of drug-likeness (QED) is 0.168. The van der Waals surface area contributed by atoms with Gasteiger partial charge < -0.3 is 15.0 Å². The van der Waals surface area contributed by atoms with E-state index in [0.29, 0.717) is 29.3 Å². The van der Waals surface area contributed by atoms with Crippen molar-refractivity contribution in [3.8, 4) is 39.4 Å². The minimum absolute atomic E-state index is 0.0445. The lowest BCUT2D eigenvalue weighted by atomic mass is 9.85. The molecule has 3 N–H and O–H groups in total. The number of H-pyrrole nitrogens is 2. The molecule has 1 amide bonds. The minimum Gasteiger partial charge on any atom is -0.492 e. The third-order valence-corrected chi connectivity index (χ3v) is 9.10. The van der Waals surface area contributed by atoms with Gasteiger partial charge in [-0.2, -0.15) is 5.10 Å². The summed E-state index contributed by atoms with van der Waals surface area (Å²) in [5.41, 5.74) is 6.75. The van der Waals surface area contributed by atoms with Crippen molar-refractivity contribution < 1.29 is 13.9 Å². The Balaban J connectivity index is 1.09. The van der Waals surface area contributed by atoms with E-state index in [1.807, 2.05) is 24.3 Å². The fourth-order valence-corrected chi connectivity index (χ4v) is 6.36. The molecular formula is C35H33FN8O2. The van der Waals surface area contributed by atoms with Gasteiger partial charge in [-0.25, -0.2) is 9.37 Å². The molecule has 1 saturated carbocycles. The number of fused-ring (bicyclic) bond motifs is 2. The number of halogens is 1. The van der Waals surface area contributed by atoms with Crippen LogP contribution in [0.5, 0.6) is 5.75 Å². The van der Waals surface area contributed by atoms with E-state index in [1.54, 1.807) is 31.0 Å².